The van der Waals surface area contributed by atoms with Crippen LogP contribution in [0.15, 0.2) is 24.4 Å². The Morgan fingerprint density at radius 3 is 2.76 bits per heavy atom. The average molecular weight is 286 g/mol. The molecule has 0 atom stereocenters. The number of hydrogen-bond acceptors (Lipinski definition) is 3. The number of carbonyl (C=O) groups excluding carboxylic acids is 1. The first-order valence-corrected chi connectivity index (χ1v) is 7.13. The van der Waals surface area contributed by atoms with Crippen molar-refractivity contribution in [3.63, 3.8) is 0 Å². The Morgan fingerprint density at radius 2 is 2.14 bits per heavy atom. The number of hydrogen-bond donors (Lipinski definition) is 2. The SMILES string of the molecule is CCc1nn(C)cc1CNc1ccc(NC(C)=O)c(C)c1. The van der Waals surface area contributed by atoms with Crippen molar-refractivity contribution in [2.24, 2.45) is 7.05 Å². The van der Waals surface area contributed by atoms with Gasteiger partial charge in [0.15, 0.2) is 0 Å². The fourth-order valence-electron chi connectivity index (χ4n) is 2.33. The van der Waals surface area contributed by atoms with Crippen molar-refractivity contribution in [2.75, 3.05) is 10.6 Å². The summed E-state index contributed by atoms with van der Waals surface area (Å²) in [6, 6.07) is 5.93. The highest BCUT2D eigenvalue weighted by molar-refractivity contribution is 5.89. The maximum absolute atomic E-state index is 11.1. The molecule has 5 heteroatoms. The Bertz CT molecular complexity index is 646. The van der Waals surface area contributed by atoms with Crippen LogP contribution in [0.2, 0.25) is 0 Å². The molecular formula is C16H22N4O. The van der Waals surface area contributed by atoms with Gasteiger partial charge in [-0.3, -0.25) is 9.48 Å². The highest BCUT2D eigenvalue weighted by Gasteiger charge is 2.06. The minimum absolute atomic E-state index is 0.0539. The highest BCUT2D eigenvalue weighted by atomic mass is 16.1. The molecule has 5 nitrogen and oxygen atoms in total. The molecule has 0 aliphatic carbocycles. The highest BCUT2D eigenvalue weighted by Crippen LogP contribution is 2.20. The lowest BCUT2D eigenvalue weighted by atomic mass is 10.1. The van der Waals surface area contributed by atoms with Crippen molar-refractivity contribution in [3.8, 4) is 0 Å². The molecule has 0 saturated carbocycles. The van der Waals surface area contributed by atoms with Gasteiger partial charge in [0.1, 0.15) is 0 Å². The standard InChI is InChI=1S/C16H22N4O/c1-5-15-13(10-20(4)19-15)9-17-14-6-7-16(11(2)8-14)18-12(3)21/h6-8,10,17H,5,9H2,1-4H3,(H,18,21). The zero-order valence-electron chi connectivity index (χ0n) is 13.0. The van der Waals surface area contributed by atoms with Gasteiger partial charge in [0.05, 0.1) is 5.69 Å². The fourth-order valence-corrected chi connectivity index (χ4v) is 2.33. The largest absolute Gasteiger partial charge is 0.381 e. The summed E-state index contributed by atoms with van der Waals surface area (Å²) in [6.07, 6.45) is 2.97. The van der Waals surface area contributed by atoms with Gasteiger partial charge < -0.3 is 10.6 Å². The van der Waals surface area contributed by atoms with E-state index in [0.717, 1.165) is 35.6 Å². The molecule has 0 unspecified atom stereocenters. The van der Waals surface area contributed by atoms with Crippen LogP contribution in [0.3, 0.4) is 0 Å². The first-order chi connectivity index (χ1) is 9.99. The van der Waals surface area contributed by atoms with E-state index in [1.807, 2.05) is 43.0 Å². The molecule has 0 radical (unpaired) electrons. The summed E-state index contributed by atoms with van der Waals surface area (Å²) in [4.78, 5) is 11.1. The number of nitrogens with zero attached hydrogens (tertiary/aromatic N) is 2. The van der Waals surface area contributed by atoms with Crippen LogP contribution in [-0.4, -0.2) is 15.7 Å². The van der Waals surface area contributed by atoms with Crippen molar-refractivity contribution in [3.05, 3.63) is 41.2 Å². The fraction of sp³-hybridized carbons (Fsp3) is 0.375. The number of amides is 1. The van der Waals surface area contributed by atoms with Crippen LogP contribution in [0.4, 0.5) is 11.4 Å². The summed E-state index contributed by atoms with van der Waals surface area (Å²) >= 11 is 0. The Hall–Kier alpha value is -2.30. The maximum atomic E-state index is 11.1. The average Bonchev–Trinajstić information content (AvgIpc) is 2.79. The predicted molar refractivity (Wildman–Crippen MR) is 85.4 cm³/mol. The number of aryl methyl sites for hydroxylation is 3. The van der Waals surface area contributed by atoms with E-state index in [1.165, 1.54) is 12.5 Å². The van der Waals surface area contributed by atoms with Crippen LogP contribution in [0, 0.1) is 6.92 Å². The third kappa shape index (κ3) is 3.84. The van der Waals surface area contributed by atoms with Crippen LogP contribution < -0.4 is 10.6 Å². The monoisotopic (exact) mass is 286 g/mol. The smallest absolute Gasteiger partial charge is 0.221 e. The summed E-state index contributed by atoms with van der Waals surface area (Å²) in [5.41, 5.74) is 5.26. The first kappa shape index (κ1) is 15.1. The molecular weight excluding hydrogens is 264 g/mol. The van der Waals surface area contributed by atoms with Gasteiger partial charge >= 0.3 is 0 Å². The van der Waals surface area contributed by atoms with Gasteiger partial charge in [-0.15, -0.1) is 0 Å². The predicted octanol–water partition coefficient (Wildman–Crippen LogP) is 2.86. The van der Waals surface area contributed by atoms with E-state index in [4.69, 9.17) is 0 Å². The molecule has 0 saturated heterocycles. The molecule has 112 valence electrons. The maximum Gasteiger partial charge on any atom is 0.221 e. The second-order valence-electron chi connectivity index (χ2n) is 5.19. The Balaban J connectivity index is 2.06. The van der Waals surface area contributed by atoms with Gasteiger partial charge in [-0.05, 0) is 37.1 Å². The molecule has 0 aliphatic heterocycles. The van der Waals surface area contributed by atoms with E-state index >= 15 is 0 Å². The number of nitrogens with one attached hydrogen (secondary N) is 2. The minimum Gasteiger partial charge on any atom is -0.381 e. The molecule has 1 amide bonds. The number of rotatable bonds is 5. The van der Waals surface area contributed by atoms with Gasteiger partial charge in [0.2, 0.25) is 5.91 Å². The molecule has 2 rings (SSSR count). The first-order valence-electron chi connectivity index (χ1n) is 7.13. The van der Waals surface area contributed by atoms with Crippen LogP contribution in [-0.2, 0) is 24.8 Å². The van der Waals surface area contributed by atoms with Crippen LogP contribution in [0.1, 0.15) is 30.7 Å². The van der Waals surface area contributed by atoms with Gasteiger partial charge in [-0.25, -0.2) is 0 Å². The van der Waals surface area contributed by atoms with Gasteiger partial charge in [-0.1, -0.05) is 6.92 Å². The Labute approximate surface area is 125 Å². The van der Waals surface area contributed by atoms with Crippen molar-refractivity contribution in [1.29, 1.82) is 0 Å². The quantitative estimate of drug-likeness (QED) is 0.888. The van der Waals surface area contributed by atoms with E-state index in [-0.39, 0.29) is 5.91 Å². The van der Waals surface area contributed by atoms with Gasteiger partial charge in [0, 0.05) is 43.7 Å². The summed E-state index contributed by atoms with van der Waals surface area (Å²) < 4.78 is 1.85. The number of aromatic nitrogens is 2. The summed E-state index contributed by atoms with van der Waals surface area (Å²) in [5.74, 6) is -0.0539. The van der Waals surface area contributed by atoms with Gasteiger partial charge in [-0.2, -0.15) is 5.10 Å². The zero-order valence-corrected chi connectivity index (χ0v) is 13.0. The molecule has 0 aliphatic rings. The lowest BCUT2D eigenvalue weighted by molar-refractivity contribution is -0.114. The molecule has 0 spiro atoms. The zero-order chi connectivity index (χ0) is 15.4. The Morgan fingerprint density at radius 1 is 1.38 bits per heavy atom. The number of carbonyl (C=O) groups is 1. The van der Waals surface area contributed by atoms with Gasteiger partial charge in [0.25, 0.3) is 0 Å². The van der Waals surface area contributed by atoms with E-state index in [1.54, 1.807) is 0 Å². The third-order valence-electron chi connectivity index (χ3n) is 3.35. The third-order valence-corrected chi connectivity index (χ3v) is 3.35. The van der Waals surface area contributed by atoms with Crippen molar-refractivity contribution in [2.45, 2.75) is 33.7 Å². The number of benzene rings is 1. The lowest BCUT2D eigenvalue weighted by Gasteiger charge is -2.11. The molecule has 1 aromatic heterocycles. The van der Waals surface area contributed by atoms with E-state index in [9.17, 15) is 4.79 Å². The van der Waals surface area contributed by atoms with E-state index in [2.05, 4.69) is 22.7 Å². The van der Waals surface area contributed by atoms with Crippen LogP contribution >= 0.6 is 0 Å². The summed E-state index contributed by atoms with van der Waals surface area (Å²) in [7, 11) is 1.94. The second-order valence-corrected chi connectivity index (χ2v) is 5.19. The molecule has 2 N–H and O–H groups in total. The molecule has 2 aromatic rings. The molecule has 0 bridgehead atoms. The van der Waals surface area contributed by atoms with Crippen LogP contribution in [0.5, 0.6) is 0 Å². The van der Waals surface area contributed by atoms with Crippen molar-refractivity contribution in [1.82, 2.24) is 9.78 Å². The summed E-state index contributed by atoms with van der Waals surface area (Å²) in [6.45, 7) is 6.35. The minimum atomic E-state index is -0.0539. The Kier molecular flexibility index (Phi) is 4.62. The van der Waals surface area contributed by atoms with Crippen molar-refractivity contribution < 1.29 is 4.79 Å². The van der Waals surface area contributed by atoms with E-state index < -0.39 is 0 Å². The molecule has 1 heterocycles. The summed E-state index contributed by atoms with van der Waals surface area (Å²) in [5, 5.41) is 10.7. The second kappa shape index (κ2) is 6.43. The lowest BCUT2D eigenvalue weighted by Crippen LogP contribution is -2.07. The van der Waals surface area contributed by atoms with Crippen LogP contribution in [0.25, 0.3) is 0 Å². The van der Waals surface area contributed by atoms with Crippen molar-refractivity contribution >= 4 is 17.3 Å². The molecule has 0 fully saturated rings. The number of anilines is 2. The van der Waals surface area contributed by atoms with E-state index in [0.29, 0.717) is 0 Å². The normalized spacial score (nSPS) is 10.5. The topological polar surface area (TPSA) is 59.0 Å². The molecule has 1 aromatic carbocycles. The molecule has 21 heavy (non-hydrogen) atoms.